The van der Waals surface area contributed by atoms with Crippen LogP contribution >= 0.6 is 0 Å². The van der Waals surface area contributed by atoms with Gasteiger partial charge in [0.15, 0.2) is 0 Å². The summed E-state index contributed by atoms with van der Waals surface area (Å²) in [5.74, 6) is 3.36. The second-order valence-corrected chi connectivity index (χ2v) is 12.2. The molecule has 1 saturated heterocycles. The standard InChI is InChI=1S/C22H29OS.BF4/c1-21(2)17-10-11-22(21,19(23)13-17)20-16-8-9-18(12-16)24(20)14-15-6-4-3-5-7-15;2-1(3,4)5/h3-7,16-18,20H,8-14H2,1-2H3;/q+1;-1/t16-,17-,18+,20+,22+,24?;/m1./s1. The Balaban J connectivity index is 0.000000369. The van der Waals surface area contributed by atoms with E-state index in [1.165, 1.54) is 43.4 Å². The molecule has 4 bridgehead atoms. The van der Waals surface area contributed by atoms with Crippen molar-refractivity contribution in [3.8, 4) is 0 Å². The van der Waals surface area contributed by atoms with Crippen molar-refractivity contribution in [2.24, 2.45) is 22.7 Å². The molecule has 0 aromatic heterocycles. The quantitative estimate of drug-likeness (QED) is 0.325. The first-order valence-corrected chi connectivity index (χ1v) is 12.2. The number of benzene rings is 1. The molecule has 6 atom stereocenters. The SMILES string of the molecule is CC1(C)[C@@H]2CC[C@@]1([C@@H]1[C@@H]3CC[C@@H](C3)[S+]1Cc1ccccc1)C(=O)C2.F[B-](F)(F)F. The highest BCUT2D eigenvalue weighted by molar-refractivity contribution is 7.97. The maximum atomic E-state index is 13.2. The third-order valence-electron chi connectivity index (χ3n) is 8.26. The molecule has 1 aromatic rings. The molecule has 3 saturated carbocycles. The van der Waals surface area contributed by atoms with Crippen molar-refractivity contribution < 1.29 is 22.1 Å². The fourth-order valence-electron chi connectivity index (χ4n) is 6.99. The van der Waals surface area contributed by atoms with Crippen LogP contribution in [-0.2, 0) is 21.4 Å². The minimum Gasteiger partial charge on any atom is -0.418 e. The number of hydrogen-bond donors (Lipinski definition) is 0. The largest absolute Gasteiger partial charge is 0.673 e. The van der Waals surface area contributed by atoms with Crippen LogP contribution in [-0.4, -0.2) is 23.5 Å². The Morgan fingerprint density at radius 1 is 1.07 bits per heavy atom. The van der Waals surface area contributed by atoms with Crippen molar-refractivity contribution in [2.75, 3.05) is 0 Å². The fourth-order valence-corrected chi connectivity index (χ4v) is 11.1. The van der Waals surface area contributed by atoms with Gasteiger partial charge in [0.05, 0.1) is 5.41 Å². The van der Waals surface area contributed by atoms with Crippen molar-refractivity contribution >= 4 is 23.9 Å². The monoisotopic (exact) mass is 428 g/mol. The topological polar surface area (TPSA) is 17.1 Å². The summed E-state index contributed by atoms with van der Waals surface area (Å²) in [5.41, 5.74) is 1.75. The molecule has 0 radical (unpaired) electrons. The molecule has 1 aliphatic heterocycles. The minimum atomic E-state index is -6.00. The molecule has 7 heteroatoms. The Kier molecular flexibility index (Phi) is 5.36. The Labute approximate surface area is 173 Å². The van der Waals surface area contributed by atoms with E-state index in [0.717, 1.165) is 17.6 Å². The van der Waals surface area contributed by atoms with Crippen LogP contribution in [0, 0.1) is 22.7 Å². The third-order valence-corrected chi connectivity index (χ3v) is 11.6. The first kappa shape index (κ1) is 21.3. The van der Waals surface area contributed by atoms with Gasteiger partial charge in [-0.3, -0.25) is 4.79 Å². The number of Topliss-reactive ketones (excluding diaryl/α,β-unsaturated/α-hetero) is 1. The molecule has 0 N–H and O–H groups in total. The molecular weight excluding hydrogens is 399 g/mol. The fraction of sp³-hybridized carbons (Fsp3) is 0.682. The van der Waals surface area contributed by atoms with E-state index in [-0.39, 0.29) is 10.8 Å². The summed E-state index contributed by atoms with van der Waals surface area (Å²) in [6.45, 7) is 4.87. The van der Waals surface area contributed by atoms with Gasteiger partial charge in [-0.2, -0.15) is 0 Å². The number of fused-ring (bicyclic) bond motifs is 4. The van der Waals surface area contributed by atoms with Crippen molar-refractivity contribution in [3.63, 3.8) is 0 Å². The van der Waals surface area contributed by atoms with Gasteiger partial charge in [0.25, 0.3) is 0 Å². The second-order valence-electron chi connectivity index (χ2n) is 9.77. The highest BCUT2D eigenvalue weighted by Crippen LogP contribution is 2.70. The van der Waals surface area contributed by atoms with Crippen LogP contribution < -0.4 is 0 Å². The lowest BCUT2D eigenvalue weighted by molar-refractivity contribution is -0.130. The zero-order valence-corrected chi connectivity index (χ0v) is 17.9. The zero-order chi connectivity index (χ0) is 21.0. The van der Waals surface area contributed by atoms with Crippen LogP contribution in [0.2, 0.25) is 0 Å². The zero-order valence-electron chi connectivity index (χ0n) is 17.1. The van der Waals surface area contributed by atoms with Gasteiger partial charge in [-0.15, -0.1) is 0 Å². The van der Waals surface area contributed by atoms with Gasteiger partial charge in [-0.25, -0.2) is 0 Å². The lowest BCUT2D eigenvalue weighted by Crippen LogP contribution is -2.53. The molecule has 5 rings (SSSR count). The number of carbonyl (C=O) groups is 1. The summed E-state index contributed by atoms with van der Waals surface area (Å²) in [4.78, 5) is 13.2. The smallest absolute Gasteiger partial charge is 0.418 e. The molecule has 4 aliphatic rings. The van der Waals surface area contributed by atoms with Crippen molar-refractivity contribution in [1.82, 2.24) is 0 Å². The van der Waals surface area contributed by atoms with Crippen molar-refractivity contribution in [2.45, 2.75) is 68.6 Å². The normalized spacial score (nSPS) is 39.5. The lowest BCUT2D eigenvalue weighted by Gasteiger charge is -2.43. The van der Waals surface area contributed by atoms with E-state index in [9.17, 15) is 22.1 Å². The first-order valence-electron chi connectivity index (χ1n) is 10.7. The van der Waals surface area contributed by atoms with Crippen LogP contribution in [0.25, 0.3) is 0 Å². The molecule has 1 heterocycles. The summed E-state index contributed by atoms with van der Waals surface area (Å²) in [6, 6.07) is 11.1. The average Bonchev–Trinajstić information content (AvgIpc) is 3.32. The van der Waals surface area contributed by atoms with Gasteiger partial charge in [-0.05, 0) is 47.9 Å². The van der Waals surface area contributed by atoms with Crippen LogP contribution in [0.15, 0.2) is 30.3 Å². The average molecular weight is 428 g/mol. The summed E-state index contributed by atoms with van der Waals surface area (Å²) >= 11 is 0. The second kappa shape index (κ2) is 7.31. The van der Waals surface area contributed by atoms with Gasteiger partial charge >= 0.3 is 7.25 Å². The molecule has 3 aliphatic carbocycles. The predicted molar refractivity (Wildman–Crippen MR) is 111 cm³/mol. The van der Waals surface area contributed by atoms with Crippen LogP contribution in [0.5, 0.6) is 0 Å². The molecule has 4 fully saturated rings. The number of hydrogen-bond acceptors (Lipinski definition) is 1. The molecule has 1 nitrogen and oxygen atoms in total. The summed E-state index contributed by atoms with van der Waals surface area (Å²) in [6.07, 6.45) is 7.60. The van der Waals surface area contributed by atoms with E-state index in [0.29, 0.717) is 27.8 Å². The van der Waals surface area contributed by atoms with Gasteiger partial charge in [0.1, 0.15) is 22.0 Å². The Bertz CT molecular complexity index is 762. The number of ketones is 1. The van der Waals surface area contributed by atoms with Gasteiger partial charge in [0.2, 0.25) is 0 Å². The third kappa shape index (κ3) is 3.55. The maximum Gasteiger partial charge on any atom is 0.673 e. The number of halogens is 4. The minimum absolute atomic E-state index is 0.0232. The lowest BCUT2D eigenvalue weighted by atomic mass is 9.64. The van der Waals surface area contributed by atoms with Crippen LogP contribution in [0.4, 0.5) is 17.3 Å². The van der Waals surface area contributed by atoms with E-state index >= 15 is 0 Å². The van der Waals surface area contributed by atoms with Gasteiger partial charge < -0.3 is 17.3 Å². The van der Waals surface area contributed by atoms with E-state index < -0.39 is 7.25 Å². The highest BCUT2D eigenvalue weighted by atomic mass is 32.2. The van der Waals surface area contributed by atoms with E-state index in [1.807, 2.05) is 0 Å². The first-order chi connectivity index (χ1) is 13.5. The van der Waals surface area contributed by atoms with Crippen LogP contribution in [0.1, 0.15) is 57.9 Å². The molecular formula is C22H29BF4OS. The van der Waals surface area contributed by atoms with E-state index in [2.05, 4.69) is 44.2 Å². The molecule has 0 spiro atoms. The molecule has 0 amide bonds. The van der Waals surface area contributed by atoms with Crippen molar-refractivity contribution in [3.05, 3.63) is 35.9 Å². The van der Waals surface area contributed by atoms with Crippen molar-refractivity contribution in [1.29, 1.82) is 0 Å². The molecule has 1 unspecified atom stereocenters. The Hall–Kier alpha value is -0.975. The number of rotatable bonds is 3. The number of carbonyl (C=O) groups excluding carboxylic acids is 1. The Morgan fingerprint density at radius 3 is 2.28 bits per heavy atom. The maximum absolute atomic E-state index is 13.2. The Morgan fingerprint density at radius 2 is 1.72 bits per heavy atom. The summed E-state index contributed by atoms with van der Waals surface area (Å²) in [7, 11) is -5.59. The van der Waals surface area contributed by atoms with Gasteiger partial charge in [0, 0.05) is 24.3 Å². The highest BCUT2D eigenvalue weighted by Gasteiger charge is 2.75. The van der Waals surface area contributed by atoms with Gasteiger partial charge in [-0.1, -0.05) is 44.2 Å². The molecule has 160 valence electrons. The molecule has 1 aromatic carbocycles. The summed E-state index contributed by atoms with van der Waals surface area (Å²) in [5, 5.41) is 1.59. The van der Waals surface area contributed by atoms with E-state index in [4.69, 9.17) is 0 Å². The molecule has 29 heavy (non-hydrogen) atoms. The van der Waals surface area contributed by atoms with E-state index in [1.54, 1.807) is 0 Å². The summed E-state index contributed by atoms with van der Waals surface area (Å²) < 4.78 is 39.0. The van der Waals surface area contributed by atoms with Crippen LogP contribution in [0.3, 0.4) is 0 Å². The predicted octanol–water partition coefficient (Wildman–Crippen LogP) is 6.05.